The molecule has 12 heavy (non-hydrogen) atoms. The summed E-state index contributed by atoms with van der Waals surface area (Å²) in [6, 6.07) is 2.14. The number of phenols is 1. The molecule has 1 N–H and O–H groups in total. The van der Waals surface area contributed by atoms with E-state index in [-0.39, 0.29) is 0 Å². The molecule has 0 fully saturated rings. The van der Waals surface area contributed by atoms with Crippen molar-refractivity contribution in [2.45, 2.75) is 20.8 Å². The molecule has 1 rings (SSSR count). The first-order valence-corrected chi connectivity index (χ1v) is 3.76. The van der Waals surface area contributed by atoms with Crippen LogP contribution in [0.2, 0.25) is 0 Å². The first-order valence-electron chi connectivity index (χ1n) is 3.76. The molecule has 0 aromatic heterocycles. The lowest BCUT2D eigenvalue weighted by atomic mass is 10.2. The summed E-state index contributed by atoms with van der Waals surface area (Å²) in [5.41, 5.74) is 0.452. The zero-order valence-electron chi connectivity index (χ0n) is 7.36. The predicted molar refractivity (Wildman–Crippen MR) is 44.1 cm³/mol. The van der Waals surface area contributed by atoms with E-state index in [1.54, 1.807) is 6.92 Å². The van der Waals surface area contributed by atoms with Gasteiger partial charge in [0.15, 0.2) is 17.4 Å². The van der Waals surface area contributed by atoms with Gasteiger partial charge in [0.25, 0.3) is 0 Å². The first kappa shape index (κ1) is 10.9. The highest BCUT2D eigenvalue weighted by molar-refractivity contribution is 5.28. The summed E-state index contributed by atoms with van der Waals surface area (Å²) < 4.78 is 24.7. The van der Waals surface area contributed by atoms with E-state index >= 15 is 0 Å². The second-order valence-corrected chi connectivity index (χ2v) is 2.08. The van der Waals surface area contributed by atoms with Crippen molar-refractivity contribution in [3.05, 3.63) is 29.3 Å². The third-order valence-corrected chi connectivity index (χ3v) is 1.16. The highest BCUT2D eigenvalue weighted by Crippen LogP contribution is 2.20. The molecule has 0 spiro atoms. The van der Waals surface area contributed by atoms with Gasteiger partial charge in [-0.15, -0.1) is 0 Å². The van der Waals surface area contributed by atoms with Gasteiger partial charge in [-0.3, -0.25) is 0 Å². The lowest BCUT2D eigenvalue weighted by Crippen LogP contribution is -1.83. The number of benzene rings is 1. The van der Waals surface area contributed by atoms with Gasteiger partial charge in [0.1, 0.15) is 0 Å². The smallest absolute Gasteiger partial charge is 0.187 e. The average molecular weight is 174 g/mol. The van der Waals surface area contributed by atoms with Gasteiger partial charge in [0.05, 0.1) is 0 Å². The molecule has 0 heterocycles. The number of halogens is 2. The Hall–Kier alpha value is -1.12. The van der Waals surface area contributed by atoms with E-state index in [2.05, 4.69) is 0 Å². The van der Waals surface area contributed by atoms with Crippen LogP contribution in [0.3, 0.4) is 0 Å². The highest BCUT2D eigenvalue weighted by atomic mass is 19.1. The summed E-state index contributed by atoms with van der Waals surface area (Å²) in [6.07, 6.45) is 0. The Kier molecular flexibility index (Phi) is 4.26. The van der Waals surface area contributed by atoms with Crippen LogP contribution in [0, 0.1) is 18.6 Å². The van der Waals surface area contributed by atoms with Crippen molar-refractivity contribution in [2.75, 3.05) is 0 Å². The van der Waals surface area contributed by atoms with Crippen LogP contribution in [0.15, 0.2) is 12.1 Å². The molecule has 0 aliphatic carbocycles. The fraction of sp³-hybridized carbons (Fsp3) is 0.333. The molecule has 0 aliphatic rings. The van der Waals surface area contributed by atoms with Crippen molar-refractivity contribution in [2.24, 2.45) is 0 Å². The molecule has 0 unspecified atom stereocenters. The van der Waals surface area contributed by atoms with Crippen LogP contribution in [0.25, 0.3) is 0 Å². The molecule has 1 aromatic carbocycles. The van der Waals surface area contributed by atoms with Crippen LogP contribution in [-0.2, 0) is 0 Å². The zero-order chi connectivity index (χ0) is 9.72. The molecule has 0 atom stereocenters. The standard InChI is InChI=1S/C7H6F2O.C2H6/c1-4-2-5(8)7(10)6(9)3-4;1-2/h2-3,10H,1H3;1-2H3. The Bertz CT molecular complexity index is 236. The molecule has 1 nitrogen and oxygen atoms in total. The number of hydrogen-bond acceptors (Lipinski definition) is 1. The maximum absolute atomic E-state index is 12.4. The van der Waals surface area contributed by atoms with E-state index in [4.69, 9.17) is 5.11 Å². The molecule has 0 bridgehead atoms. The Labute approximate surface area is 70.7 Å². The van der Waals surface area contributed by atoms with E-state index in [0.29, 0.717) is 5.56 Å². The molecule has 0 saturated carbocycles. The number of aromatic hydroxyl groups is 1. The zero-order valence-corrected chi connectivity index (χ0v) is 7.36. The number of hydrogen-bond donors (Lipinski definition) is 1. The quantitative estimate of drug-likeness (QED) is 0.641. The van der Waals surface area contributed by atoms with Gasteiger partial charge < -0.3 is 5.11 Å². The van der Waals surface area contributed by atoms with Crippen LogP contribution in [0.1, 0.15) is 19.4 Å². The van der Waals surface area contributed by atoms with Gasteiger partial charge in [-0.2, -0.15) is 0 Å². The Morgan fingerprint density at radius 1 is 1.08 bits per heavy atom. The lowest BCUT2D eigenvalue weighted by molar-refractivity contribution is 0.395. The van der Waals surface area contributed by atoms with Gasteiger partial charge in [0.2, 0.25) is 0 Å². The minimum atomic E-state index is -0.919. The third-order valence-electron chi connectivity index (χ3n) is 1.16. The highest BCUT2D eigenvalue weighted by Gasteiger charge is 2.06. The molecule has 1 aromatic rings. The Balaban J connectivity index is 0.000000561. The maximum atomic E-state index is 12.4. The molecular weight excluding hydrogens is 162 g/mol. The molecular formula is C9H12F2O. The molecule has 0 radical (unpaired) electrons. The van der Waals surface area contributed by atoms with E-state index in [0.717, 1.165) is 12.1 Å². The van der Waals surface area contributed by atoms with Crippen molar-refractivity contribution in [1.82, 2.24) is 0 Å². The largest absolute Gasteiger partial charge is 0.503 e. The van der Waals surface area contributed by atoms with E-state index in [1.165, 1.54) is 0 Å². The van der Waals surface area contributed by atoms with E-state index < -0.39 is 17.4 Å². The fourth-order valence-electron chi connectivity index (χ4n) is 0.692. The minimum absolute atomic E-state index is 0.452. The molecule has 0 saturated heterocycles. The maximum Gasteiger partial charge on any atom is 0.187 e. The fourth-order valence-corrected chi connectivity index (χ4v) is 0.692. The van der Waals surface area contributed by atoms with Gasteiger partial charge in [-0.25, -0.2) is 8.78 Å². The van der Waals surface area contributed by atoms with Crippen LogP contribution in [0.5, 0.6) is 5.75 Å². The van der Waals surface area contributed by atoms with Gasteiger partial charge in [0, 0.05) is 0 Å². The summed E-state index contributed by atoms with van der Waals surface area (Å²) in [4.78, 5) is 0. The minimum Gasteiger partial charge on any atom is -0.503 e. The first-order chi connectivity index (χ1) is 5.61. The van der Waals surface area contributed by atoms with Crippen LogP contribution in [0.4, 0.5) is 8.78 Å². The van der Waals surface area contributed by atoms with Crippen LogP contribution >= 0.6 is 0 Å². The Morgan fingerprint density at radius 3 is 1.75 bits per heavy atom. The van der Waals surface area contributed by atoms with Crippen LogP contribution in [-0.4, -0.2) is 5.11 Å². The number of phenolic OH excluding ortho intramolecular Hbond substituents is 1. The van der Waals surface area contributed by atoms with E-state index in [9.17, 15) is 8.78 Å². The van der Waals surface area contributed by atoms with Crippen molar-refractivity contribution in [3.63, 3.8) is 0 Å². The van der Waals surface area contributed by atoms with Gasteiger partial charge in [-0.05, 0) is 24.6 Å². The predicted octanol–water partition coefficient (Wildman–Crippen LogP) is 3.01. The summed E-state index contributed by atoms with van der Waals surface area (Å²) in [5, 5.41) is 8.58. The topological polar surface area (TPSA) is 20.2 Å². The monoisotopic (exact) mass is 174 g/mol. The van der Waals surface area contributed by atoms with Gasteiger partial charge >= 0.3 is 0 Å². The summed E-state index contributed by atoms with van der Waals surface area (Å²) in [7, 11) is 0. The van der Waals surface area contributed by atoms with E-state index in [1.807, 2.05) is 13.8 Å². The van der Waals surface area contributed by atoms with Crippen LogP contribution < -0.4 is 0 Å². The normalized spacial score (nSPS) is 8.75. The average Bonchev–Trinajstić information content (AvgIpc) is 2.04. The lowest BCUT2D eigenvalue weighted by Gasteiger charge is -1.97. The van der Waals surface area contributed by atoms with Crippen molar-refractivity contribution < 1.29 is 13.9 Å². The summed E-state index contributed by atoms with van der Waals surface area (Å²) in [6.45, 7) is 5.55. The molecule has 0 aliphatic heterocycles. The second-order valence-electron chi connectivity index (χ2n) is 2.08. The Morgan fingerprint density at radius 2 is 1.42 bits per heavy atom. The second kappa shape index (κ2) is 4.70. The number of aryl methyl sites for hydroxylation is 1. The molecule has 3 heteroatoms. The van der Waals surface area contributed by atoms with Crippen molar-refractivity contribution in [3.8, 4) is 5.75 Å². The van der Waals surface area contributed by atoms with Gasteiger partial charge in [-0.1, -0.05) is 13.8 Å². The SMILES string of the molecule is CC.Cc1cc(F)c(O)c(F)c1. The van der Waals surface area contributed by atoms with Crippen molar-refractivity contribution >= 4 is 0 Å². The summed E-state index contributed by atoms with van der Waals surface area (Å²) >= 11 is 0. The number of rotatable bonds is 0. The third kappa shape index (κ3) is 2.49. The molecule has 68 valence electrons. The molecule has 0 amide bonds. The van der Waals surface area contributed by atoms with Crippen molar-refractivity contribution in [1.29, 1.82) is 0 Å². The summed E-state index contributed by atoms with van der Waals surface area (Å²) in [5.74, 6) is -2.75.